The van der Waals surface area contributed by atoms with Crippen molar-refractivity contribution in [1.82, 2.24) is 10.6 Å². The number of ether oxygens (including phenoxy) is 1. The minimum atomic E-state index is 0.185. The Morgan fingerprint density at radius 3 is 2.50 bits per heavy atom. The van der Waals surface area contributed by atoms with Crippen LogP contribution in [0.1, 0.15) is 31.9 Å². The van der Waals surface area contributed by atoms with Crippen molar-refractivity contribution in [2.24, 2.45) is 4.99 Å². The Morgan fingerprint density at radius 2 is 1.91 bits per heavy atom. The molecule has 0 aliphatic carbocycles. The molecular weight excluding hydrogens is 294 g/mol. The number of nitrogens with zero attached hydrogens (tertiary/aromatic N) is 1. The van der Waals surface area contributed by atoms with Gasteiger partial charge in [0.15, 0.2) is 5.96 Å². The van der Waals surface area contributed by atoms with Gasteiger partial charge in [0.25, 0.3) is 0 Å². The van der Waals surface area contributed by atoms with E-state index < -0.39 is 0 Å². The molecule has 1 rings (SSSR count). The van der Waals surface area contributed by atoms with Gasteiger partial charge in [-0.05, 0) is 38.2 Å². The van der Waals surface area contributed by atoms with E-state index in [0.29, 0.717) is 13.2 Å². The topological polar surface area (TPSA) is 45.7 Å². The third-order valence-electron chi connectivity index (χ3n) is 3.40. The van der Waals surface area contributed by atoms with E-state index in [1.54, 1.807) is 7.11 Å². The summed E-state index contributed by atoms with van der Waals surface area (Å²) >= 11 is 1.85. The third kappa shape index (κ3) is 6.71. The zero-order valence-corrected chi connectivity index (χ0v) is 15.2. The van der Waals surface area contributed by atoms with E-state index in [-0.39, 0.29) is 4.75 Å². The van der Waals surface area contributed by atoms with Gasteiger partial charge in [-0.15, -0.1) is 0 Å². The summed E-state index contributed by atoms with van der Waals surface area (Å²) in [5.74, 6) is 0.858. The second-order valence-corrected chi connectivity index (χ2v) is 7.23. The number of guanidine groups is 1. The summed E-state index contributed by atoms with van der Waals surface area (Å²) in [5.41, 5.74) is 2.39. The Balaban J connectivity index is 2.73. The van der Waals surface area contributed by atoms with Gasteiger partial charge in [0.2, 0.25) is 0 Å². The molecule has 0 spiro atoms. The van der Waals surface area contributed by atoms with E-state index in [2.05, 4.69) is 49.8 Å². The fraction of sp³-hybridized carbons (Fsp3) is 0.588. The van der Waals surface area contributed by atoms with Crippen molar-refractivity contribution in [3.63, 3.8) is 0 Å². The standard InChI is InChI=1S/C17H29N3OS/c1-6-18-16(20-13-17(2,3)22-5)19-11-14-9-7-8-10-15(14)12-21-4/h7-10H,6,11-13H2,1-5H3,(H2,18,19,20). The van der Waals surface area contributed by atoms with Crippen molar-refractivity contribution in [2.45, 2.75) is 38.7 Å². The second-order valence-electron chi connectivity index (χ2n) is 5.71. The molecular formula is C17H29N3OS. The Kier molecular flexibility index (Phi) is 8.35. The summed E-state index contributed by atoms with van der Waals surface area (Å²) in [4.78, 5) is 4.69. The van der Waals surface area contributed by atoms with Crippen molar-refractivity contribution in [3.05, 3.63) is 35.4 Å². The number of methoxy groups -OCH3 is 1. The fourth-order valence-corrected chi connectivity index (χ4v) is 2.10. The quantitative estimate of drug-likeness (QED) is 0.570. The van der Waals surface area contributed by atoms with E-state index in [0.717, 1.165) is 19.0 Å². The molecule has 124 valence electrons. The largest absolute Gasteiger partial charge is 0.380 e. The Bertz CT molecular complexity index is 475. The molecule has 0 aliphatic rings. The summed E-state index contributed by atoms with van der Waals surface area (Å²) in [5, 5.41) is 6.72. The summed E-state index contributed by atoms with van der Waals surface area (Å²) in [6, 6.07) is 8.27. The number of hydrogen-bond donors (Lipinski definition) is 2. The van der Waals surface area contributed by atoms with Gasteiger partial charge in [0.1, 0.15) is 0 Å². The maximum atomic E-state index is 5.25. The summed E-state index contributed by atoms with van der Waals surface area (Å²) in [6.07, 6.45) is 2.13. The zero-order chi connectivity index (χ0) is 16.4. The molecule has 1 aromatic rings. The highest BCUT2D eigenvalue weighted by molar-refractivity contribution is 7.99. The van der Waals surface area contributed by atoms with Crippen molar-refractivity contribution < 1.29 is 4.74 Å². The first-order valence-electron chi connectivity index (χ1n) is 7.65. The molecule has 5 heteroatoms. The van der Waals surface area contributed by atoms with Crippen LogP contribution in [0, 0.1) is 0 Å². The van der Waals surface area contributed by atoms with Crippen LogP contribution in [-0.4, -0.2) is 37.2 Å². The van der Waals surface area contributed by atoms with E-state index in [1.807, 2.05) is 23.9 Å². The number of hydrogen-bond acceptors (Lipinski definition) is 3. The Hall–Kier alpha value is -1.20. The molecule has 1 aromatic carbocycles. The van der Waals surface area contributed by atoms with Crippen LogP contribution in [0.15, 0.2) is 29.3 Å². The molecule has 0 saturated heterocycles. The molecule has 0 atom stereocenters. The van der Waals surface area contributed by atoms with E-state index in [9.17, 15) is 0 Å². The number of nitrogens with one attached hydrogen (secondary N) is 2. The summed E-state index contributed by atoms with van der Waals surface area (Å²) < 4.78 is 5.43. The Morgan fingerprint density at radius 1 is 1.23 bits per heavy atom. The van der Waals surface area contributed by atoms with Gasteiger partial charge in [-0.3, -0.25) is 0 Å². The van der Waals surface area contributed by atoms with Gasteiger partial charge in [0.05, 0.1) is 13.2 Å². The van der Waals surface area contributed by atoms with E-state index >= 15 is 0 Å². The lowest BCUT2D eigenvalue weighted by Crippen LogP contribution is -2.43. The molecule has 22 heavy (non-hydrogen) atoms. The monoisotopic (exact) mass is 323 g/mol. The summed E-state index contributed by atoms with van der Waals surface area (Å²) in [6.45, 7) is 9.52. The predicted octanol–water partition coefficient (Wildman–Crippen LogP) is 3.03. The Labute approximate surface area is 139 Å². The lowest BCUT2D eigenvalue weighted by molar-refractivity contribution is 0.184. The molecule has 0 radical (unpaired) electrons. The first-order valence-corrected chi connectivity index (χ1v) is 8.88. The van der Waals surface area contributed by atoms with Crippen molar-refractivity contribution in [1.29, 1.82) is 0 Å². The van der Waals surface area contributed by atoms with E-state index in [4.69, 9.17) is 9.73 Å². The molecule has 0 heterocycles. The van der Waals surface area contributed by atoms with Gasteiger partial charge in [-0.1, -0.05) is 24.3 Å². The van der Waals surface area contributed by atoms with Crippen molar-refractivity contribution in [2.75, 3.05) is 26.5 Å². The molecule has 0 unspecified atom stereocenters. The maximum Gasteiger partial charge on any atom is 0.191 e. The molecule has 0 aliphatic heterocycles. The number of aliphatic imine (C=N–C) groups is 1. The van der Waals surface area contributed by atoms with Crippen LogP contribution in [0.5, 0.6) is 0 Å². The molecule has 0 bridgehead atoms. The van der Waals surface area contributed by atoms with Crippen LogP contribution >= 0.6 is 11.8 Å². The third-order valence-corrected chi connectivity index (χ3v) is 4.65. The van der Waals surface area contributed by atoms with Gasteiger partial charge in [-0.25, -0.2) is 4.99 Å². The second kappa shape index (κ2) is 9.74. The van der Waals surface area contributed by atoms with Crippen molar-refractivity contribution in [3.8, 4) is 0 Å². The molecule has 0 saturated carbocycles. The minimum absolute atomic E-state index is 0.185. The lowest BCUT2D eigenvalue weighted by atomic mass is 10.1. The molecule has 0 aromatic heterocycles. The van der Waals surface area contributed by atoms with Gasteiger partial charge >= 0.3 is 0 Å². The predicted molar refractivity (Wildman–Crippen MR) is 97.6 cm³/mol. The van der Waals surface area contributed by atoms with Gasteiger partial charge in [0, 0.05) is 24.9 Å². The first-order chi connectivity index (χ1) is 10.5. The highest BCUT2D eigenvalue weighted by Crippen LogP contribution is 2.19. The minimum Gasteiger partial charge on any atom is -0.380 e. The lowest BCUT2D eigenvalue weighted by Gasteiger charge is -2.23. The fourth-order valence-electron chi connectivity index (χ4n) is 1.88. The van der Waals surface area contributed by atoms with E-state index in [1.165, 1.54) is 11.1 Å². The first kappa shape index (κ1) is 18.8. The van der Waals surface area contributed by atoms with Crippen LogP contribution in [0.25, 0.3) is 0 Å². The van der Waals surface area contributed by atoms with Crippen LogP contribution in [0.3, 0.4) is 0 Å². The highest BCUT2D eigenvalue weighted by atomic mass is 32.2. The molecule has 2 N–H and O–H groups in total. The van der Waals surface area contributed by atoms with Crippen LogP contribution < -0.4 is 10.6 Å². The van der Waals surface area contributed by atoms with Crippen molar-refractivity contribution >= 4 is 17.7 Å². The number of benzene rings is 1. The van der Waals surface area contributed by atoms with Crippen LogP contribution in [0.4, 0.5) is 0 Å². The summed E-state index contributed by atoms with van der Waals surface area (Å²) in [7, 11) is 1.72. The van der Waals surface area contributed by atoms with Crippen LogP contribution in [-0.2, 0) is 17.9 Å². The van der Waals surface area contributed by atoms with Gasteiger partial charge in [-0.2, -0.15) is 11.8 Å². The smallest absolute Gasteiger partial charge is 0.191 e. The number of thioether (sulfide) groups is 1. The zero-order valence-electron chi connectivity index (χ0n) is 14.4. The molecule has 4 nitrogen and oxygen atoms in total. The normalized spacial score (nSPS) is 12.3. The SMILES string of the molecule is CCNC(=NCc1ccccc1COC)NCC(C)(C)SC. The average molecular weight is 324 g/mol. The number of rotatable bonds is 8. The maximum absolute atomic E-state index is 5.25. The van der Waals surface area contributed by atoms with Gasteiger partial charge < -0.3 is 15.4 Å². The highest BCUT2D eigenvalue weighted by Gasteiger charge is 2.16. The molecule has 0 amide bonds. The average Bonchev–Trinajstić information content (AvgIpc) is 2.52. The van der Waals surface area contributed by atoms with Crippen LogP contribution in [0.2, 0.25) is 0 Å². The molecule has 0 fully saturated rings.